The van der Waals surface area contributed by atoms with Gasteiger partial charge < -0.3 is 5.32 Å². The molecule has 2 aromatic rings. The third kappa shape index (κ3) is 2.95. The minimum atomic E-state index is -0.153. The van der Waals surface area contributed by atoms with Crippen molar-refractivity contribution in [2.24, 2.45) is 7.05 Å². The highest BCUT2D eigenvalue weighted by atomic mass is 16.1. The molecule has 5 nitrogen and oxygen atoms in total. The summed E-state index contributed by atoms with van der Waals surface area (Å²) in [5.74, 6) is 6.31. The van der Waals surface area contributed by atoms with Crippen LogP contribution in [0.25, 0.3) is 0 Å². The Morgan fingerprint density at radius 1 is 1.44 bits per heavy atom. The lowest BCUT2D eigenvalue weighted by Crippen LogP contribution is -2.06. The van der Waals surface area contributed by atoms with Gasteiger partial charge in [-0.2, -0.15) is 5.10 Å². The molecule has 2 rings (SSSR count). The number of rotatable bonds is 1. The fraction of sp³-hybridized carbons (Fsp3) is 0.154. The van der Waals surface area contributed by atoms with Gasteiger partial charge in [0.15, 0.2) is 5.82 Å². The van der Waals surface area contributed by atoms with Crippen LogP contribution >= 0.6 is 0 Å². The number of hydrogen-bond donors (Lipinski definition) is 1. The Morgan fingerprint density at radius 2 is 2.28 bits per heavy atom. The summed E-state index contributed by atoms with van der Waals surface area (Å²) in [6, 6.07) is 5.44. The second-order valence-electron chi connectivity index (χ2n) is 3.71. The number of amides is 1. The highest BCUT2D eigenvalue weighted by Gasteiger charge is 2.03. The molecule has 0 unspecified atom stereocenters. The van der Waals surface area contributed by atoms with E-state index in [9.17, 15) is 4.79 Å². The quantitative estimate of drug-likeness (QED) is 0.761. The molecule has 1 N–H and O–H groups in total. The second kappa shape index (κ2) is 5.15. The molecule has 0 aliphatic carbocycles. The van der Waals surface area contributed by atoms with Crippen LogP contribution in [0.1, 0.15) is 18.2 Å². The maximum Gasteiger partial charge on any atom is 0.222 e. The lowest BCUT2D eigenvalue weighted by molar-refractivity contribution is -0.114. The Balaban J connectivity index is 2.22. The minimum absolute atomic E-state index is 0.153. The predicted molar refractivity (Wildman–Crippen MR) is 67.7 cm³/mol. The molecule has 0 atom stereocenters. The van der Waals surface area contributed by atoms with Crippen LogP contribution in [0.5, 0.6) is 0 Å². The number of aryl methyl sites for hydroxylation is 1. The van der Waals surface area contributed by atoms with Gasteiger partial charge >= 0.3 is 0 Å². The summed E-state index contributed by atoms with van der Waals surface area (Å²) in [6.07, 6.45) is 3.39. The van der Waals surface area contributed by atoms with Gasteiger partial charge in [0.2, 0.25) is 5.91 Å². The summed E-state index contributed by atoms with van der Waals surface area (Å²) >= 11 is 0. The van der Waals surface area contributed by atoms with Crippen molar-refractivity contribution in [1.29, 1.82) is 0 Å². The van der Waals surface area contributed by atoms with E-state index in [0.717, 1.165) is 11.3 Å². The van der Waals surface area contributed by atoms with Gasteiger partial charge in [0.05, 0.1) is 0 Å². The summed E-state index contributed by atoms with van der Waals surface area (Å²) in [5.41, 5.74) is 1.56. The van der Waals surface area contributed by atoms with E-state index in [-0.39, 0.29) is 5.91 Å². The molecule has 90 valence electrons. The average Bonchev–Trinajstić information content (AvgIpc) is 2.67. The zero-order valence-corrected chi connectivity index (χ0v) is 10.1. The zero-order chi connectivity index (χ0) is 13.0. The van der Waals surface area contributed by atoms with Gasteiger partial charge in [-0.25, -0.2) is 0 Å². The normalized spacial score (nSPS) is 9.44. The standard InChI is InChI=1S/C13H12N4O/c1-10(18)15-13-8-12(17(2)16-13)6-5-11-4-3-7-14-9-11/h3-4,7-9H,1-2H3,(H,15,16,18). The van der Waals surface area contributed by atoms with Gasteiger partial charge in [-0.3, -0.25) is 14.5 Å². The topological polar surface area (TPSA) is 59.8 Å². The molecular weight excluding hydrogens is 228 g/mol. The van der Waals surface area contributed by atoms with E-state index >= 15 is 0 Å². The number of carbonyl (C=O) groups is 1. The molecule has 2 aromatic heterocycles. The van der Waals surface area contributed by atoms with E-state index in [1.54, 1.807) is 30.2 Å². The molecule has 0 saturated carbocycles. The number of nitrogens with one attached hydrogen (secondary N) is 1. The third-order valence-corrected chi connectivity index (χ3v) is 2.18. The first-order valence-electron chi connectivity index (χ1n) is 5.39. The van der Waals surface area contributed by atoms with Crippen molar-refractivity contribution in [3.8, 4) is 11.8 Å². The lowest BCUT2D eigenvalue weighted by Gasteiger charge is -1.92. The predicted octanol–water partition coefficient (Wildman–Crippen LogP) is 1.17. The number of pyridine rings is 1. The number of nitrogens with zero attached hydrogens (tertiary/aromatic N) is 3. The summed E-state index contributed by atoms with van der Waals surface area (Å²) in [5, 5.41) is 6.74. The monoisotopic (exact) mass is 240 g/mol. The summed E-state index contributed by atoms with van der Waals surface area (Å²) in [7, 11) is 1.78. The molecule has 2 heterocycles. The maximum atomic E-state index is 10.9. The molecule has 5 heteroatoms. The number of carbonyl (C=O) groups excluding carboxylic acids is 1. The van der Waals surface area contributed by atoms with Crippen LogP contribution in [0.4, 0.5) is 5.82 Å². The zero-order valence-electron chi connectivity index (χ0n) is 10.1. The summed E-state index contributed by atoms with van der Waals surface area (Å²) in [4.78, 5) is 14.9. The van der Waals surface area contributed by atoms with Crippen molar-refractivity contribution in [2.45, 2.75) is 6.92 Å². The summed E-state index contributed by atoms with van der Waals surface area (Å²) < 4.78 is 1.62. The van der Waals surface area contributed by atoms with E-state index in [1.165, 1.54) is 6.92 Å². The van der Waals surface area contributed by atoms with Gasteiger partial charge in [0.1, 0.15) is 5.69 Å². The first-order chi connectivity index (χ1) is 8.65. The smallest absolute Gasteiger partial charge is 0.222 e. The fourth-order valence-electron chi connectivity index (χ4n) is 1.40. The van der Waals surface area contributed by atoms with E-state index in [4.69, 9.17) is 0 Å². The van der Waals surface area contributed by atoms with Gasteiger partial charge in [-0.15, -0.1) is 0 Å². The Kier molecular flexibility index (Phi) is 3.39. The molecule has 0 aromatic carbocycles. The Bertz CT molecular complexity index is 619. The Morgan fingerprint density at radius 3 is 2.94 bits per heavy atom. The second-order valence-corrected chi connectivity index (χ2v) is 3.71. The molecule has 0 spiro atoms. The van der Waals surface area contributed by atoms with E-state index in [1.807, 2.05) is 12.1 Å². The van der Waals surface area contributed by atoms with Gasteiger partial charge in [-0.1, -0.05) is 5.92 Å². The van der Waals surface area contributed by atoms with Crippen molar-refractivity contribution in [3.63, 3.8) is 0 Å². The molecule has 0 saturated heterocycles. The van der Waals surface area contributed by atoms with Crippen molar-refractivity contribution < 1.29 is 4.79 Å². The largest absolute Gasteiger partial charge is 0.309 e. The minimum Gasteiger partial charge on any atom is -0.309 e. The number of aromatic nitrogens is 3. The molecule has 18 heavy (non-hydrogen) atoms. The van der Waals surface area contributed by atoms with Crippen LogP contribution in [0, 0.1) is 11.8 Å². The molecule has 0 aliphatic heterocycles. The van der Waals surface area contributed by atoms with Gasteiger partial charge in [-0.05, 0) is 18.1 Å². The highest BCUT2D eigenvalue weighted by molar-refractivity contribution is 5.87. The van der Waals surface area contributed by atoms with Crippen LogP contribution in [-0.4, -0.2) is 20.7 Å². The van der Waals surface area contributed by atoms with E-state index in [2.05, 4.69) is 27.2 Å². The molecule has 0 bridgehead atoms. The van der Waals surface area contributed by atoms with Crippen LogP contribution in [-0.2, 0) is 11.8 Å². The van der Waals surface area contributed by atoms with Crippen molar-refractivity contribution in [2.75, 3.05) is 5.32 Å². The molecule has 0 aliphatic rings. The lowest BCUT2D eigenvalue weighted by atomic mass is 10.3. The highest BCUT2D eigenvalue weighted by Crippen LogP contribution is 2.07. The van der Waals surface area contributed by atoms with Crippen LogP contribution < -0.4 is 5.32 Å². The number of hydrogen-bond acceptors (Lipinski definition) is 3. The Hall–Kier alpha value is -2.61. The van der Waals surface area contributed by atoms with Crippen molar-refractivity contribution >= 4 is 11.7 Å². The average molecular weight is 240 g/mol. The molecule has 0 radical (unpaired) electrons. The van der Waals surface area contributed by atoms with E-state index < -0.39 is 0 Å². The molecule has 1 amide bonds. The molecule has 0 fully saturated rings. The van der Waals surface area contributed by atoms with Crippen LogP contribution in [0.3, 0.4) is 0 Å². The first kappa shape index (κ1) is 11.9. The van der Waals surface area contributed by atoms with Crippen molar-refractivity contribution in [3.05, 3.63) is 41.9 Å². The third-order valence-electron chi connectivity index (χ3n) is 2.18. The number of anilines is 1. The van der Waals surface area contributed by atoms with E-state index in [0.29, 0.717) is 5.82 Å². The van der Waals surface area contributed by atoms with Gasteiger partial charge in [0, 0.05) is 38.0 Å². The fourth-order valence-corrected chi connectivity index (χ4v) is 1.40. The summed E-state index contributed by atoms with van der Waals surface area (Å²) in [6.45, 7) is 1.44. The van der Waals surface area contributed by atoms with Crippen LogP contribution in [0.2, 0.25) is 0 Å². The van der Waals surface area contributed by atoms with Crippen LogP contribution in [0.15, 0.2) is 30.6 Å². The maximum absolute atomic E-state index is 10.9. The van der Waals surface area contributed by atoms with Gasteiger partial charge in [0.25, 0.3) is 0 Å². The SMILES string of the molecule is CC(=O)Nc1cc(C#Cc2cccnc2)n(C)n1. The first-order valence-corrected chi connectivity index (χ1v) is 5.39. The van der Waals surface area contributed by atoms with Crippen molar-refractivity contribution in [1.82, 2.24) is 14.8 Å². The molecular formula is C13H12N4O. The Labute approximate surface area is 105 Å².